The van der Waals surface area contributed by atoms with Crippen LogP contribution in [0.4, 0.5) is 17.1 Å². The number of nitrogens with zero attached hydrogens (tertiary/aromatic N) is 4. The molecule has 244 valence electrons. The number of rotatable bonds is 3. The van der Waals surface area contributed by atoms with E-state index in [1.165, 1.54) is 81.3 Å². The first-order chi connectivity index (χ1) is 26.3. The van der Waals surface area contributed by atoms with Crippen molar-refractivity contribution in [1.29, 1.82) is 0 Å². The van der Waals surface area contributed by atoms with Crippen molar-refractivity contribution in [1.82, 2.24) is 13.8 Å². The fourth-order valence-corrected chi connectivity index (χ4v) is 9.58. The molecule has 0 aliphatic heterocycles. The molecule has 13 rings (SSSR count). The molecule has 0 fully saturated rings. The van der Waals surface area contributed by atoms with Gasteiger partial charge in [-0.25, -0.2) is 4.98 Å². The summed E-state index contributed by atoms with van der Waals surface area (Å²) in [5, 5.41) is 13.6. The predicted octanol–water partition coefficient (Wildman–Crippen LogP) is 13.2. The van der Waals surface area contributed by atoms with Crippen LogP contribution in [0.3, 0.4) is 0 Å². The van der Waals surface area contributed by atoms with Crippen LogP contribution in [0.2, 0.25) is 0 Å². The molecule has 4 nitrogen and oxygen atoms in total. The molecule has 4 heteroatoms. The molecule has 0 N–H and O–H groups in total. The second kappa shape index (κ2) is 9.78. The van der Waals surface area contributed by atoms with Crippen LogP contribution in [0.25, 0.3) is 98.0 Å². The summed E-state index contributed by atoms with van der Waals surface area (Å²) < 4.78 is 4.94. The van der Waals surface area contributed by atoms with E-state index >= 15 is 0 Å². The minimum atomic E-state index is 1.01. The van der Waals surface area contributed by atoms with Gasteiger partial charge in [-0.3, -0.25) is 4.40 Å². The van der Waals surface area contributed by atoms with Gasteiger partial charge in [0, 0.05) is 54.5 Å². The summed E-state index contributed by atoms with van der Waals surface area (Å²) in [5.41, 5.74) is 11.4. The van der Waals surface area contributed by atoms with Crippen molar-refractivity contribution in [3.05, 3.63) is 170 Å². The maximum Gasteiger partial charge on any atom is 0.146 e. The Morgan fingerprint density at radius 3 is 1.72 bits per heavy atom. The van der Waals surface area contributed by atoms with E-state index in [1.54, 1.807) is 0 Å². The topological polar surface area (TPSA) is 25.0 Å². The van der Waals surface area contributed by atoms with Gasteiger partial charge in [-0.05, 0) is 64.7 Å². The number of pyridine rings is 1. The van der Waals surface area contributed by atoms with Gasteiger partial charge in [0.1, 0.15) is 5.65 Å². The van der Waals surface area contributed by atoms with Crippen molar-refractivity contribution in [3.63, 3.8) is 0 Å². The molecule has 0 aliphatic rings. The summed E-state index contributed by atoms with van der Waals surface area (Å²) in [6.45, 7) is 0. The second-order valence-corrected chi connectivity index (χ2v) is 14.3. The highest BCUT2D eigenvalue weighted by molar-refractivity contribution is 6.33. The van der Waals surface area contributed by atoms with Gasteiger partial charge in [0.15, 0.2) is 0 Å². The molecule has 8 aromatic carbocycles. The first-order valence-electron chi connectivity index (χ1n) is 18.2. The summed E-state index contributed by atoms with van der Waals surface area (Å²) in [6.07, 6.45) is 0. The van der Waals surface area contributed by atoms with Gasteiger partial charge in [-0.15, -0.1) is 0 Å². The van der Waals surface area contributed by atoms with Gasteiger partial charge in [0.2, 0.25) is 0 Å². The largest absolute Gasteiger partial charge is 0.308 e. The van der Waals surface area contributed by atoms with Crippen LogP contribution >= 0.6 is 0 Å². The lowest BCUT2D eigenvalue weighted by Crippen LogP contribution is -2.11. The van der Waals surface area contributed by atoms with E-state index in [0.29, 0.717) is 0 Å². The van der Waals surface area contributed by atoms with Crippen molar-refractivity contribution < 1.29 is 0 Å². The molecule has 5 heterocycles. The molecule has 0 amide bonds. The summed E-state index contributed by atoms with van der Waals surface area (Å²) in [5.74, 6) is 0. The van der Waals surface area contributed by atoms with E-state index in [4.69, 9.17) is 4.98 Å². The Bertz CT molecular complexity index is 3580. The Labute approximate surface area is 302 Å². The lowest BCUT2D eigenvalue weighted by molar-refractivity contribution is 1.27. The zero-order valence-electron chi connectivity index (χ0n) is 28.5. The number of anilines is 3. The maximum atomic E-state index is 5.70. The van der Waals surface area contributed by atoms with Gasteiger partial charge in [-0.2, -0.15) is 0 Å². The standard InChI is InChI=1S/C49H28N4/c1-3-16-31(17-4-1)51(32-18-5-2-6-19-32)47-34-21-10-8-15-30(34)27-39-36-23-13-24-37-44-42(52(45(36)37)48(39)47)28-40-43-33-20-9-7-14-29(33)26-38-35-22-11-12-25-41(35)53(46(38)43)49(40)50-44/h1-28H. The molecule has 0 spiro atoms. The smallest absolute Gasteiger partial charge is 0.146 e. The average Bonchev–Trinajstić information content (AvgIpc) is 3.94. The summed E-state index contributed by atoms with van der Waals surface area (Å²) in [7, 11) is 0. The summed E-state index contributed by atoms with van der Waals surface area (Å²) in [4.78, 5) is 8.15. The van der Waals surface area contributed by atoms with Crippen molar-refractivity contribution >= 4 is 115 Å². The molecule has 0 atom stereocenters. The fraction of sp³-hybridized carbons (Fsp3) is 0. The first-order valence-corrected chi connectivity index (χ1v) is 18.2. The molecule has 13 aromatic rings. The molecule has 0 unspecified atom stereocenters. The molecule has 5 aromatic heterocycles. The molecular formula is C49H28N4. The second-order valence-electron chi connectivity index (χ2n) is 14.3. The Kier molecular flexibility index (Phi) is 5.08. The van der Waals surface area contributed by atoms with Crippen LogP contribution in [-0.4, -0.2) is 13.8 Å². The van der Waals surface area contributed by atoms with Crippen molar-refractivity contribution in [2.45, 2.75) is 0 Å². The van der Waals surface area contributed by atoms with E-state index in [-0.39, 0.29) is 0 Å². The van der Waals surface area contributed by atoms with Gasteiger partial charge < -0.3 is 9.30 Å². The maximum absolute atomic E-state index is 5.70. The third-order valence-electron chi connectivity index (χ3n) is 11.7. The van der Waals surface area contributed by atoms with Crippen LogP contribution < -0.4 is 4.90 Å². The van der Waals surface area contributed by atoms with Crippen LogP contribution in [0.1, 0.15) is 0 Å². The van der Waals surface area contributed by atoms with E-state index in [2.05, 4.69) is 184 Å². The average molecular weight is 673 g/mol. The summed E-state index contributed by atoms with van der Waals surface area (Å²) in [6, 6.07) is 62.0. The van der Waals surface area contributed by atoms with Crippen LogP contribution in [0, 0.1) is 0 Å². The van der Waals surface area contributed by atoms with Gasteiger partial charge >= 0.3 is 0 Å². The molecule has 0 bridgehead atoms. The lowest BCUT2D eigenvalue weighted by Gasteiger charge is -2.28. The molecule has 0 radical (unpaired) electrons. The molecular weight excluding hydrogens is 645 g/mol. The Morgan fingerprint density at radius 1 is 0.377 bits per heavy atom. The van der Waals surface area contributed by atoms with Gasteiger partial charge in [0.25, 0.3) is 0 Å². The lowest BCUT2D eigenvalue weighted by atomic mass is 10.0. The highest BCUT2D eigenvalue weighted by Crippen LogP contribution is 2.50. The van der Waals surface area contributed by atoms with E-state index in [1.807, 2.05) is 0 Å². The number of benzene rings is 8. The SMILES string of the molecule is c1ccc(N(c2ccccc2)c2c3ccccc3cc3c4cccc5c6nc7c(cc6n(c23)c45)c2c3ccccc3cc3c4ccccc4n7c32)cc1. The molecule has 0 saturated heterocycles. The Balaban J connectivity index is 1.29. The quantitative estimate of drug-likeness (QED) is 0.187. The Morgan fingerprint density at radius 2 is 0.962 bits per heavy atom. The highest BCUT2D eigenvalue weighted by atomic mass is 15.2. The zero-order chi connectivity index (χ0) is 34.4. The predicted molar refractivity (Wildman–Crippen MR) is 223 cm³/mol. The van der Waals surface area contributed by atoms with E-state index in [9.17, 15) is 0 Å². The third-order valence-corrected chi connectivity index (χ3v) is 11.7. The van der Waals surface area contributed by atoms with Crippen LogP contribution in [0.5, 0.6) is 0 Å². The fourth-order valence-electron chi connectivity index (χ4n) is 9.58. The first kappa shape index (κ1) is 27.5. The van der Waals surface area contributed by atoms with Crippen LogP contribution in [0.15, 0.2) is 170 Å². The number of aromatic nitrogens is 3. The molecule has 0 aliphatic carbocycles. The van der Waals surface area contributed by atoms with Crippen molar-refractivity contribution in [2.75, 3.05) is 4.90 Å². The number of hydrogen-bond donors (Lipinski definition) is 0. The molecule has 0 saturated carbocycles. The zero-order valence-corrected chi connectivity index (χ0v) is 28.5. The third kappa shape index (κ3) is 3.39. The minimum Gasteiger partial charge on any atom is -0.308 e. The summed E-state index contributed by atoms with van der Waals surface area (Å²) >= 11 is 0. The normalized spacial score (nSPS) is 12.5. The number of para-hydroxylation sites is 4. The highest BCUT2D eigenvalue weighted by Gasteiger charge is 2.28. The monoisotopic (exact) mass is 672 g/mol. The molecule has 53 heavy (non-hydrogen) atoms. The minimum absolute atomic E-state index is 1.01. The van der Waals surface area contributed by atoms with Crippen molar-refractivity contribution in [2.24, 2.45) is 0 Å². The number of hydrogen-bond acceptors (Lipinski definition) is 2. The van der Waals surface area contributed by atoms with Gasteiger partial charge in [0.05, 0.1) is 38.8 Å². The van der Waals surface area contributed by atoms with Crippen LogP contribution in [-0.2, 0) is 0 Å². The van der Waals surface area contributed by atoms with Gasteiger partial charge in [-0.1, -0.05) is 121 Å². The van der Waals surface area contributed by atoms with E-state index in [0.717, 1.165) is 33.7 Å². The number of fused-ring (bicyclic) bond motifs is 15. The Hall–Kier alpha value is -7.17. The van der Waals surface area contributed by atoms with E-state index < -0.39 is 0 Å². The van der Waals surface area contributed by atoms with Crippen molar-refractivity contribution in [3.8, 4) is 0 Å².